The SMILES string of the molecule is O=C(Cc1csc(-c2cccc(F)c2)n1)N(Cc1ccco1)C1CCS(=O)(=O)C1. The van der Waals surface area contributed by atoms with Gasteiger partial charge in [-0.3, -0.25) is 4.79 Å². The Labute approximate surface area is 171 Å². The summed E-state index contributed by atoms with van der Waals surface area (Å²) in [5, 5.41) is 2.41. The molecule has 6 nitrogen and oxygen atoms in total. The quantitative estimate of drug-likeness (QED) is 0.595. The van der Waals surface area contributed by atoms with Crippen molar-refractivity contribution in [1.82, 2.24) is 9.88 Å². The van der Waals surface area contributed by atoms with E-state index in [2.05, 4.69) is 4.98 Å². The van der Waals surface area contributed by atoms with Gasteiger partial charge in [0.1, 0.15) is 16.6 Å². The van der Waals surface area contributed by atoms with Crippen LogP contribution < -0.4 is 0 Å². The first-order valence-corrected chi connectivity index (χ1v) is 11.8. The van der Waals surface area contributed by atoms with Crippen LogP contribution in [0.25, 0.3) is 10.6 Å². The molecule has 2 aromatic heterocycles. The highest BCUT2D eigenvalue weighted by atomic mass is 32.2. The smallest absolute Gasteiger partial charge is 0.229 e. The fourth-order valence-electron chi connectivity index (χ4n) is 3.41. The van der Waals surface area contributed by atoms with Gasteiger partial charge in [-0.25, -0.2) is 17.8 Å². The second kappa shape index (κ2) is 8.08. The molecule has 0 spiro atoms. The molecule has 1 atom stereocenters. The monoisotopic (exact) mass is 434 g/mol. The molecule has 4 rings (SSSR count). The van der Waals surface area contributed by atoms with E-state index in [0.29, 0.717) is 28.4 Å². The number of benzene rings is 1. The lowest BCUT2D eigenvalue weighted by Crippen LogP contribution is -2.41. The maximum absolute atomic E-state index is 13.4. The molecule has 1 saturated heterocycles. The van der Waals surface area contributed by atoms with Crippen molar-refractivity contribution >= 4 is 27.1 Å². The first-order valence-electron chi connectivity index (χ1n) is 9.12. The van der Waals surface area contributed by atoms with Gasteiger partial charge >= 0.3 is 0 Å². The fraction of sp³-hybridized carbons (Fsp3) is 0.300. The van der Waals surface area contributed by atoms with Gasteiger partial charge in [-0.05, 0) is 30.7 Å². The lowest BCUT2D eigenvalue weighted by Gasteiger charge is -2.27. The number of halogens is 1. The van der Waals surface area contributed by atoms with Crippen LogP contribution in [-0.2, 0) is 27.6 Å². The summed E-state index contributed by atoms with van der Waals surface area (Å²) < 4.78 is 42.6. The lowest BCUT2D eigenvalue weighted by molar-refractivity contribution is -0.133. The van der Waals surface area contributed by atoms with E-state index in [9.17, 15) is 17.6 Å². The van der Waals surface area contributed by atoms with E-state index >= 15 is 0 Å². The normalized spacial score (nSPS) is 18.0. The van der Waals surface area contributed by atoms with Crippen molar-refractivity contribution in [1.29, 1.82) is 0 Å². The summed E-state index contributed by atoms with van der Waals surface area (Å²) in [6, 6.07) is 9.26. The van der Waals surface area contributed by atoms with Gasteiger partial charge in [0, 0.05) is 17.0 Å². The Hall–Kier alpha value is -2.52. The van der Waals surface area contributed by atoms with Crippen LogP contribution >= 0.6 is 11.3 Å². The molecule has 1 amide bonds. The van der Waals surface area contributed by atoms with Crippen molar-refractivity contribution in [2.45, 2.75) is 25.4 Å². The standard InChI is InChI=1S/C20H19FN2O4S2/c21-15-4-1-3-14(9-15)20-22-16(12-28-20)10-19(24)23(11-18-5-2-7-27-18)17-6-8-29(25,26)13-17/h1-5,7,9,12,17H,6,8,10-11,13H2. The molecule has 1 fully saturated rings. The number of aromatic nitrogens is 1. The maximum atomic E-state index is 13.4. The second-order valence-electron chi connectivity index (χ2n) is 6.99. The van der Waals surface area contributed by atoms with Crippen LogP contribution in [0.3, 0.4) is 0 Å². The molecule has 152 valence electrons. The number of hydrogen-bond acceptors (Lipinski definition) is 6. The Kier molecular flexibility index (Phi) is 5.51. The minimum atomic E-state index is -3.14. The average molecular weight is 435 g/mol. The van der Waals surface area contributed by atoms with Crippen molar-refractivity contribution in [2.75, 3.05) is 11.5 Å². The molecular weight excluding hydrogens is 415 g/mol. The molecule has 9 heteroatoms. The third-order valence-corrected chi connectivity index (χ3v) is 7.52. The molecule has 3 aromatic rings. The molecule has 0 bridgehead atoms. The molecule has 29 heavy (non-hydrogen) atoms. The summed E-state index contributed by atoms with van der Waals surface area (Å²) in [6.45, 7) is 0.215. The molecule has 0 N–H and O–H groups in total. The Morgan fingerprint density at radius 3 is 2.86 bits per heavy atom. The summed E-state index contributed by atoms with van der Waals surface area (Å²) >= 11 is 1.34. The summed E-state index contributed by atoms with van der Waals surface area (Å²) in [5.74, 6) is 0.0915. The molecule has 0 aliphatic carbocycles. The van der Waals surface area contributed by atoms with E-state index in [1.807, 2.05) is 0 Å². The minimum Gasteiger partial charge on any atom is -0.467 e. The largest absolute Gasteiger partial charge is 0.467 e. The number of carbonyl (C=O) groups excluding carboxylic acids is 1. The Balaban J connectivity index is 1.52. The topological polar surface area (TPSA) is 80.5 Å². The predicted octanol–water partition coefficient (Wildman–Crippen LogP) is 3.30. The highest BCUT2D eigenvalue weighted by Gasteiger charge is 2.35. The van der Waals surface area contributed by atoms with Gasteiger partial charge < -0.3 is 9.32 Å². The fourth-order valence-corrected chi connectivity index (χ4v) is 5.96. The number of nitrogens with zero attached hydrogens (tertiary/aromatic N) is 2. The van der Waals surface area contributed by atoms with Gasteiger partial charge in [0.15, 0.2) is 9.84 Å². The minimum absolute atomic E-state index is 0.0367. The zero-order chi connectivity index (χ0) is 20.4. The molecular formula is C20H19FN2O4S2. The molecule has 0 radical (unpaired) electrons. The average Bonchev–Trinajstić information content (AvgIpc) is 3.41. The van der Waals surface area contributed by atoms with Gasteiger partial charge in [-0.2, -0.15) is 0 Å². The predicted molar refractivity (Wildman–Crippen MR) is 108 cm³/mol. The van der Waals surface area contributed by atoms with E-state index in [1.165, 1.54) is 29.7 Å². The number of thiazole rings is 1. The molecule has 1 unspecified atom stereocenters. The highest BCUT2D eigenvalue weighted by Crippen LogP contribution is 2.26. The van der Waals surface area contributed by atoms with Gasteiger partial charge in [-0.1, -0.05) is 12.1 Å². The summed E-state index contributed by atoms with van der Waals surface area (Å²) in [7, 11) is -3.14. The second-order valence-corrected chi connectivity index (χ2v) is 10.1. The Morgan fingerprint density at radius 1 is 1.31 bits per heavy atom. The van der Waals surface area contributed by atoms with Crippen LogP contribution in [0.1, 0.15) is 17.9 Å². The zero-order valence-electron chi connectivity index (χ0n) is 15.5. The van der Waals surface area contributed by atoms with E-state index in [0.717, 1.165) is 0 Å². The van der Waals surface area contributed by atoms with E-state index < -0.39 is 9.84 Å². The molecule has 0 saturated carbocycles. The number of hydrogen-bond donors (Lipinski definition) is 0. The first kappa shape index (κ1) is 19.8. The molecule has 1 aliphatic heterocycles. The Morgan fingerprint density at radius 2 is 2.17 bits per heavy atom. The number of amides is 1. The number of furan rings is 1. The van der Waals surface area contributed by atoms with Gasteiger partial charge in [0.2, 0.25) is 5.91 Å². The molecule has 3 heterocycles. The third kappa shape index (κ3) is 4.73. The number of sulfone groups is 1. The number of rotatable bonds is 6. The van der Waals surface area contributed by atoms with Gasteiger partial charge in [0.05, 0.1) is 36.4 Å². The van der Waals surface area contributed by atoms with E-state index in [1.54, 1.807) is 34.5 Å². The molecule has 1 aliphatic rings. The summed E-state index contributed by atoms with van der Waals surface area (Å²) in [5.41, 5.74) is 1.23. The van der Waals surface area contributed by atoms with Crippen molar-refractivity contribution < 1.29 is 22.0 Å². The van der Waals surface area contributed by atoms with E-state index in [-0.39, 0.29) is 42.2 Å². The zero-order valence-corrected chi connectivity index (χ0v) is 17.1. The van der Waals surface area contributed by atoms with E-state index in [4.69, 9.17) is 4.42 Å². The van der Waals surface area contributed by atoms with Gasteiger partial charge in [-0.15, -0.1) is 11.3 Å². The van der Waals surface area contributed by atoms with Crippen molar-refractivity contribution in [3.8, 4) is 10.6 Å². The number of carbonyl (C=O) groups is 1. The van der Waals surface area contributed by atoms with Crippen LogP contribution in [0.2, 0.25) is 0 Å². The van der Waals surface area contributed by atoms with Gasteiger partial charge in [0.25, 0.3) is 0 Å². The van der Waals surface area contributed by atoms with Crippen LogP contribution in [-0.4, -0.2) is 41.8 Å². The van der Waals surface area contributed by atoms with Crippen molar-refractivity contribution in [2.24, 2.45) is 0 Å². The Bertz CT molecular complexity index is 1110. The van der Waals surface area contributed by atoms with Crippen molar-refractivity contribution in [3.05, 3.63) is 65.3 Å². The summed E-state index contributed by atoms with van der Waals surface area (Å²) in [4.78, 5) is 19.1. The van der Waals surface area contributed by atoms with Crippen LogP contribution in [0.4, 0.5) is 4.39 Å². The maximum Gasteiger partial charge on any atom is 0.229 e. The molecule has 1 aromatic carbocycles. The van der Waals surface area contributed by atoms with Crippen LogP contribution in [0, 0.1) is 5.82 Å². The van der Waals surface area contributed by atoms with Crippen molar-refractivity contribution in [3.63, 3.8) is 0 Å². The van der Waals surface area contributed by atoms with Crippen LogP contribution in [0.5, 0.6) is 0 Å². The lowest BCUT2D eigenvalue weighted by atomic mass is 10.1. The summed E-state index contributed by atoms with van der Waals surface area (Å²) in [6.07, 6.45) is 1.98. The third-order valence-electron chi connectivity index (χ3n) is 4.83. The first-order chi connectivity index (χ1) is 13.9. The highest BCUT2D eigenvalue weighted by molar-refractivity contribution is 7.91. The van der Waals surface area contributed by atoms with Crippen LogP contribution in [0.15, 0.2) is 52.5 Å².